The summed E-state index contributed by atoms with van der Waals surface area (Å²) in [5, 5.41) is 3.56. The number of aryl methyl sites for hydroxylation is 3. The van der Waals surface area contributed by atoms with Crippen molar-refractivity contribution in [1.82, 2.24) is 10.2 Å². The van der Waals surface area contributed by atoms with Crippen molar-refractivity contribution in [1.29, 1.82) is 0 Å². The van der Waals surface area contributed by atoms with Gasteiger partial charge >= 0.3 is 0 Å². The van der Waals surface area contributed by atoms with Crippen molar-refractivity contribution in [3.05, 3.63) is 130 Å². The van der Waals surface area contributed by atoms with Crippen LogP contribution in [0.25, 0.3) is 0 Å². The summed E-state index contributed by atoms with van der Waals surface area (Å²) in [6.45, 7) is 7.76. The molecular weight excluding hydrogens is 618 g/mol. The number of amides is 2. The highest BCUT2D eigenvalue weighted by molar-refractivity contribution is 7.92. The van der Waals surface area contributed by atoms with Gasteiger partial charge in [-0.2, -0.15) is 0 Å². The normalized spacial score (nSPS) is 11.9. The number of unbranched alkanes of at least 4 members (excludes halogenated alkanes) is 1. The lowest BCUT2D eigenvalue weighted by atomic mass is 10.0. The number of nitrogens with zero attached hydrogens (tertiary/aromatic N) is 2. The largest absolute Gasteiger partial charge is 0.354 e. The monoisotopic (exact) mass is 659 g/mol. The second kappa shape index (κ2) is 15.9. The average molecular weight is 660 g/mol. The van der Waals surface area contributed by atoms with Gasteiger partial charge in [0.2, 0.25) is 11.8 Å². The predicted octanol–water partition coefficient (Wildman–Crippen LogP) is 7.02. The molecule has 1 N–H and O–H groups in total. The van der Waals surface area contributed by atoms with Crippen LogP contribution in [-0.2, 0) is 32.6 Å². The Bertz CT molecular complexity index is 1710. The summed E-state index contributed by atoms with van der Waals surface area (Å²) in [5.74, 6) is -0.796. The molecule has 4 aromatic rings. The minimum Gasteiger partial charge on any atom is -0.354 e. The van der Waals surface area contributed by atoms with Gasteiger partial charge in [-0.3, -0.25) is 13.9 Å². The molecule has 1 unspecified atom stereocenters. The Morgan fingerprint density at radius 3 is 2.04 bits per heavy atom. The van der Waals surface area contributed by atoms with Crippen molar-refractivity contribution in [3.8, 4) is 0 Å². The Balaban J connectivity index is 1.81. The Kier molecular flexibility index (Phi) is 12.0. The summed E-state index contributed by atoms with van der Waals surface area (Å²) in [5.41, 5.74) is 4.66. The molecule has 0 heterocycles. The van der Waals surface area contributed by atoms with Crippen LogP contribution in [-0.4, -0.2) is 44.3 Å². The molecule has 0 radical (unpaired) electrons. The highest BCUT2D eigenvalue weighted by atomic mass is 35.5. The van der Waals surface area contributed by atoms with Crippen molar-refractivity contribution in [2.45, 2.75) is 64.4 Å². The Hall–Kier alpha value is -4.14. The first-order chi connectivity index (χ1) is 22.0. The Morgan fingerprint density at radius 1 is 0.804 bits per heavy atom. The zero-order chi connectivity index (χ0) is 33.3. The van der Waals surface area contributed by atoms with Crippen molar-refractivity contribution in [3.63, 3.8) is 0 Å². The number of anilines is 1. The molecule has 2 amide bonds. The van der Waals surface area contributed by atoms with Gasteiger partial charge in [-0.15, -0.1) is 0 Å². The van der Waals surface area contributed by atoms with E-state index in [1.54, 1.807) is 48.5 Å². The molecule has 0 bridgehead atoms. The fourth-order valence-corrected chi connectivity index (χ4v) is 6.83. The van der Waals surface area contributed by atoms with Crippen LogP contribution in [0, 0.1) is 20.8 Å². The van der Waals surface area contributed by atoms with E-state index in [4.69, 9.17) is 11.6 Å². The topological polar surface area (TPSA) is 86.8 Å². The van der Waals surface area contributed by atoms with Gasteiger partial charge in [-0.1, -0.05) is 91.2 Å². The molecule has 0 aliphatic rings. The number of halogens is 1. The molecule has 0 saturated heterocycles. The van der Waals surface area contributed by atoms with E-state index in [1.165, 1.54) is 4.90 Å². The van der Waals surface area contributed by atoms with Gasteiger partial charge in [0.05, 0.1) is 10.6 Å². The minimum atomic E-state index is -4.17. The maximum atomic E-state index is 14.6. The van der Waals surface area contributed by atoms with E-state index in [0.29, 0.717) is 17.3 Å². The summed E-state index contributed by atoms with van der Waals surface area (Å²) in [6.07, 6.45) is 1.95. The number of hydrogen-bond donors (Lipinski definition) is 1. The van der Waals surface area contributed by atoms with Gasteiger partial charge in [0.1, 0.15) is 12.6 Å². The van der Waals surface area contributed by atoms with Crippen molar-refractivity contribution in [2.24, 2.45) is 0 Å². The van der Waals surface area contributed by atoms with E-state index in [1.807, 2.05) is 76.2 Å². The van der Waals surface area contributed by atoms with Crippen LogP contribution in [0.4, 0.5) is 5.69 Å². The first-order valence-electron chi connectivity index (χ1n) is 15.5. The van der Waals surface area contributed by atoms with Crippen LogP contribution in [0.1, 0.15) is 47.6 Å². The van der Waals surface area contributed by atoms with Gasteiger partial charge < -0.3 is 10.2 Å². The molecule has 1 atom stereocenters. The van der Waals surface area contributed by atoms with E-state index < -0.39 is 28.5 Å². The summed E-state index contributed by atoms with van der Waals surface area (Å²) in [4.78, 5) is 30.0. The second-order valence-electron chi connectivity index (χ2n) is 11.7. The fraction of sp³-hybridized carbons (Fsp3) is 0.297. The number of sulfonamides is 1. The summed E-state index contributed by atoms with van der Waals surface area (Å²) in [6, 6.07) is 27.7. The summed E-state index contributed by atoms with van der Waals surface area (Å²) in [7, 11) is -4.17. The third kappa shape index (κ3) is 9.21. The maximum absolute atomic E-state index is 14.6. The smallest absolute Gasteiger partial charge is 0.264 e. The van der Waals surface area contributed by atoms with Crippen LogP contribution in [0.2, 0.25) is 5.02 Å². The zero-order valence-electron chi connectivity index (χ0n) is 26.9. The third-order valence-corrected chi connectivity index (χ3v) is 9.79. The zero-order valence-corrected chi connectivity index (χ0v) is 28.4. The van der Waals surface area contributed by atoms with E-state index in [2.05, 4.69) is 5.32 Å². The summed E-state index contributed by atoms with van der Waals surface area (Å²) >= 11 is 6.16. The number of rotatable bonds is 14. The van der Waals surface area contributed by atoms with E-state index in [0.717, 1.165) is 45.0 Å². The molecule has 0 fully saturated rings. The Labute approximate surface area is 278 Å². The molecule has 0 saturated carbocycles. The molecule has 0 aromatic heterocycles. The summed E-state index contributed by atoms with van der Waals surface area (Å²) < 4.78 is 29.7. The quantitative estimate of drug-likeness (QED) is 0.148. The molecule has 46 heavy (non-hydrogen) atoms. The molecule has 242 valence electrons. The van der Waals surface area contributed by atoms with E-state index in [9.17, 15) is 18.0 Å². The van der Waals surface area contributed by atoms with Gasteiger partial charge in [0, 0.05) is 24.5 Å². The fourth-order valence-electron chi connectivity index (χ4n) is 5.31. The van der Waals surface area contributed by atoms with Crippen LogP contribution >= 0.6 is 11.6 Å². The van der Waals surface area contributed by atoms with Crippen LogP contribution in [0.15, 0.2) is 102 Å². The molecular formula is C37H42ClN3O4S. The highest BCUT2D eigenvalue weighted by Crippen LogP contribution is 2.27. The van der Waals surface area contributed by atoms with Crippen LogP contribution in [0.5, 0.6) is 0 Å². The maximum Gasteiger partial charge on any atom is 0.264 e. The van der Waals surface area contributed by atoms with Crippen LogP contribution in [0.3, 0.4) is 0 Å². The van der Waals surface area contributed by atoms with Crippen molar-refractivity contribution < 1.29 is 18.0 Å². The van der Waals surface area contributed by atoms with Gasteiger partial charge in [0.15, 0.2) is 0 Å². The molecule has 7 nitrogen and oxygen atoms in total. The first kappa shape index (κ1) is 34.7. The SMILES string of the molecule is CCCCNC(=O)C(Cc1ccccc1)N(Cc1ccc(Cl)cc1)C(=O)CN(c1cc(C)cc(C)c1)S(=O)(=O)c1ccc(C)cc1. The molecule has 0 spiro atoms. The number of hydrogen-bond acceptors (Lipinski definition) is 4. The molecule has 4 rings (SSSR count). The highest BCUT2D eigenvalue weighted by Gasteiger charge is 2.34. The predicted molar refractivity (Wildman–Crippen MR) is 185 cm³/mol. The van der Waals surface area contributed by atoms with Crippen LogP contribution < -0.4 is 9.62 Å². The van der Waals surface area contributed by atoms with E-state index >= 15 is 0 Å². The number of benzene rings is 4. The lowest BCUT2D eigenvalue weighted by molar-refractivity contribution is -0.140. The minimum absolute atomic E-state index is 0.0763. The van der Waals surface area contributed by atoms with Crippen molar-refractivity contribution >= 4 is 39.1 Å². The number of nitrogens with one attached hydrogen (secondary N) is 1. The molecule has 0 aliphatic heterocycles. The molecule has 4 aromatic carbocycles. The van der Waals surface area contributed by atoms with Gasteiger partial charge in [-0.05, 0) is 85.8 Å². The van der Waals surface area contributed by atoms with Gasteiger partial charge in [0.25, 0.3) is 10.0 Å². The average Bonchev–Trinajstić information content (AvgIpc) is 3.02. The first-order valence-corrected chi connectivity index (χ1v) is 17.3. The van der Waals surface area contributed by atoms with Gasteiger partial charge in [-0.25, -0.2) is 8.42 Å². The standard InChI is InChI=1S/C37H42ClN3O4S/c1-5-6-20-39-37(43)35(24-30-10-8-7-9-11-30)40(25-31-14-16-32(38)17-15-31)36(42)26-41(33-22-28(3)21-29(4)23-33)46(44,45)34-18-12-27(2)13-19-34/h7-19,21-23,35H,5-6,20,24-26H2,1-4H3,(H,39,43). The number of carbonyl (C=O) groups is 2. The van der Waals surface area contributed by atoms with E-state index in [-0.39, 0.29) is 23.8 Å². The number of carbonyl (C=O) groups excluding carboxylic acids is 2. The Morgan fingerprint density at radius 2 is 1.43 bits per heavy atom. The lowest BCUT2D eigenvalue weighted by Gasteiger charge is -2.34. The molecule has 9 heteroatoms. The lowest BCUT2D eigenvalue weighted by Crippen LogP contribution is -2.53. The second-order valence-corrected chi connectivity index (χ2v) is 14.0. The molecule has 0 aliphatic carbocycles. The van der Waals surface area contributed by atoms with Crippen molar-refractivity contribution in [2.75, 3.05) is 17.4 Å². The third-order valence-electron chi connectivity index (χ3n) is 7.75.